The molecule has 0 bridgehead atoms. The van der Waals surface area contributed by atoms with Crippen molar-refractivity contribution >= 4 is 22.4 Å². The van der Waals surface area contributed by atoms with E-state index in [0.29, 0.717) is 0 Å². The van der Waals surface area contributed by atoms with Gasteiger partial charge >= 0.3 is 0 Å². The minimum Gasteiger partial charge on any atom is -0.371 e. The summed E-state index contributed by atoms with van der Waals surface area (Å²) >= 11 is 0. The second-order valence-corrected chi connectivity index (χ2v) is 4.30. The zero-order valence-corrected chi connectivity index (χ0v) is 10.4. The van der Waals surface area contributed by atoms with Gasteiger partial charge in [0.05, 0.1) is 11.0 Å². The molecule has 3 heteroatoms. The van der Waals surface area contributed by atoms with Gasteiger partial charge in [-0.15, -0.1) is 0 Å². The molecule has 3 rings (SSSR count). The highest BCUT2D eigenvalue weighted by Crippen LogP contribution is 2.26. The van der Waals surface area contributed by atoms with Crippen molar-refractivity contribution in [3.05, 3.63) is 48.2 Å². The van der Waals surface area contributed by atoms with Crippen molar-refractivity contribution < 1.29 is 0 Å². The van der Waals surface area contributed by atoms with Gasteiger partial charge in [-0.3, -0.25) is 0 Å². The molecule has 0 atom stereocenters. The zero-order valence-electron chi connectivity index (χ0n) is 10.4. The maximum absolute atomic E-state index is 4.73. The van der Waals surface area contributed by atoms with Crippen molar-refractivity contribution in [2.24, 2.45) is 0 Å². The average Bonchev–Trinajstić information content (AvgIpc) is 2.46. The summed E-state index contributed by atoms with van der Waals surface area (Å²) < 4.78 is 0. The van der Waals surface area contributed by atoms with Gasteiger partial charge in [0, 0.05) is 7.05 Å². The average molecular weight is 237 g/mol. The van der Waals surface area contributed by atoms with Crippen LogP contribution in [0, 0.1) is 0 Å². The lowest BCUT2D eigenvalue weighted by atomic mass is 10.0. The van der Waals surface area contributed by atoms with Gasteiger partial charge in [0.1, 0.15) is 5.69 Å². The van der Waals surface area contributed by atoms with E-state index < -0.39 is 0 Å². The molecule has 1 aliphatic rings. The number of hydrogen-bond donors (Lipinski definition) is 1. The molecule has 1 N–H and O–H groups in total. The Balaban J connectivity index is 2.20. The maximum Gasteiger partial charge on any atom is 0.153 e. The van der Waals surface area contributed by atoms with Crippen LogP contribution in [0.1, 0.15) is 18.5 Å². The second kappa shape index (κ2) is 4.61. The minimum atomic E-state index is 0.839. The van der Waals surface area contributed by atoms with Crippen molar-refractivity contribution in [2.75, 3.05) is 12.4 Å². The molecule has 0 radical (unpaired) electrons. The van der Waals surface area contributed by atoms with Gasteiger partial charge in [-0.25, -0.2) is 9.97 Å². The van der Waals surface area contributed by atoms with Crippen molar-refractivity contribution in [1.82, 2.24) is 9.97 Å². The van der Waals surface area contributed by atoms with Crippen LogP contribution < -0.4 is 5.32 Å². The maximum atomic E-state index is 4.73. The van der Waals surface area contributed by atoms with Crippen molar-refractivity contribution in [1.29, 1.82) is 0 Å². The monoisotopic (exact) mass is 237 g/mol. The van der Waals surface area contributed by atoms with Gasteiger partial charge in [0.2, 0.25) is 0 Å². The summed E-state index contributed by atoms with van der Waals surface area (Å²) in [5.41, 5.74) is 3.95. The van der Waals surface area contributed by atoms with E-state index in [-0.39, 0.29) is 0 Å². The first-order valence-corrected chi connectivity index (χ1v) is 6.20. The molecule has 90 valence electrons. The Morgan fingerprint density at radius 3 is 2.50 bits per heavy atom. The number of benzene rings is 1. The van der Waals surface area contributed by atoms with Crippen LogP contribution in [-0.2, 0) is 0 Å². The smallest absolute Gasteiger partial charge is 0.153 e. The number of nitrogens with zero attached hydrogens (tertiary/aromatic N) is 2. The molecule has 0 saturated carbocycles. The Kier molecular flexibility index (Phi) is 2.81. The lowest BCUT2D eigenvalue weighted by Crippen LogP contribution is -2.02. The summed E-state index contributed by atoms with van der Waals surface area (Å²) in [4.78, 5) is 9.35. The SMILES string of the molecule is CNc1nc2ccccc2nc1C1=CCCC=C1. The first-order valence-electron chi connectivity index (χ1n) is 6.20. The fraction of sp³-hybridized carbons (Fsp3) is 0.200. The minimum absolute atomic E-state index is 0.839. The molecule has 0 saturated heterocycles. The van der Waals surface area contributed by atoms with Crippen LogP contribution in [0.25, 0.3) is 16.6 Å². The lowest BCUT2D eigenvalue weighted by molar-refractivity contribution is 1.04. The predicted octanol–water partition coefficient (Wildman–Crippen LogP) is 3.40. The fourth-order valence-electron chi connectivity index (χ4n) is 2.16. The Morgan fingerprint density at radius 2 is 1.83 bits per heavy atom. The number of rotatable bonds is 2. The van der Waals surface area contributed by atoms with Crippen molar-refractivity contribution in [3.8, 4) is 0 Å². The van der Waals surface area contributed by atoms with Crippen LogP contribution in [-0.4, -0.2) is 17.0 Å². The summed E-state index contributed by atoms with van der Waals surface area (Å²) in [5, 5.41) is 3.14. The van der Waals surface area contributed by atoms with Gasteiger partial charge in [-0.1, -0.05) is 30.4 Å². The number of anilines is 1. The Morgan fingerprint density at radius 1 is 1.06 bits per heavy atom. The Labute approximate surface area is 106 Å². The molecule has 0 unspecified atom stereocenters. The largest absolute Gasteiger partial charge is 0.371 e. The van der Waals surface area contributed by atoms with Gasteiger partial charge in [0.25, 0.3) is 0 Å². The van der Waals surface area contributed by atoms with Crippen molar-refractivity contribution in [3.63, 3.8) is 0 Å². The first kappa shape index (κ1) is 11.0. The highest BCUT2D eigenvalue weighted by atomic mass is 15.0. The standard InChI is InChI=1S/C15H15N3/c1-16-15-14(11-7-3-2-4-8-11)17-12-9-5-6-10-13(12)18-15/h3,5-10H,2,4H2,1H3,(H,16,18). The molecule has 0 aliphatic heterocycles. The Hall–Kier alpha value is -2.16. The summed E-state index contributed by atoms with van der Waals surface area (Å²) in [5.74, 6) is 0.839. The number of fused-ring (bicyclic) bond motifs is 1. The third-order valence-electron chi connectivity index (χ3n) is 3.08. The van der Waals surface area contributed by atoms with E-state index in [1.165, 1.54) is 0 Å². The molecule has 0 amide bonds. The highest BCUT2D eigenvalue weighted by molar-refractivity contribution is 5.84. The molecule has 1 heterocycles. The van der Waals surface area contributed by atoms with Gasteiger partial charge in [0.15, 0.2) is 5.82 Å². The Bertz CT molecular complexity index is 641. The molecule has 18 heavy (non-hydrogen) atoms. The number of hydrogen-bond acceptors (Lipinski definition) is 3. The van der Waals surface area contributed by atoms with Crippen LogP contribution in [0.3, 0.4) is 0 Å². The van der Waals surface area contributed by atoms with Crippen molar-refractivity contribution in [2.45, 2.75) is 12.8 Å². The molecule has 1 aromatic heterocycles. The van der Waals surface area contributed by atoms with Crippen LogP contribution >= 0.6 is 0 Å². The van der Waals surface area contributed by atoms with E-state index >= 15 is 0 Å². The fourth-order valence-corrected chi connectivity index (χ4v) is 2.16. The summed E-state index contributed by atoms with van der Waals surface area (Å²) in [7, 11) is 1.88. The molecule has 0 fully saturated rings. The number of para-hydroxylation sites is 2. The van der Waals surface area contributed by atoms with Gasteiger partial charge in [-0.05, 0) is 30.5 Å². The topological polar surface area (TPSA) is 37.8 Å². The van der Waals surface area contributed by atoms with E-state index in [2.05, 4.69) is 28.5 Å². The van der Waals surface area contributed by atoms with Crippen LogP contribution in [0.5, 0.6) is 0 Å². The van der Waals surface area contributed by atoms with Crippen LogP contribution in [0.4, 0.5) is 5.82 Å². The molecule has 0 spiro atoms. The lowest BCUT2D eigenvalue weighted by Gasteiger charge is -2.11. The molecule has 3 nitrogen and oxygen atoms in total. The molecule has 1 aliphatic carbocycles. The zero-order chi connectivity index (χ0) is 12.4. The number of nitrogens with one attached hydrogen (secondary N) is 1. The molecular weight excluding hydrogens is 222 g/mol. The summed E-state index contributed by atoms with van der Waals surface area (Å²) in [6, 6.07) is 7.96. The van der Waals surface area contributed by atoms with Crippen LogP contribution in [0.2, 0.25) is 0 Å². The van der Waals surface area contributed by atoms with E-state index in [0.717, 1.165) is 41.0 Å². The van der Waals surface area contributed by atoms with E-state index in [1.807, 2.05) is 31.3 Å². The first-order chi connectivity index (χ1) is 8.88. The molecule has 2 aromatic rings. The number of aromatic nitrogens is 2. The van der Waals surface area contributed by atoms with E-state index in [1.54, 1.807) is 0 Å². The molecular formula is C15H15N3. The van der Waals surface area contributed by atoms with Gasteiger partial charge < -0.3 is 5.32 Å². The molecule has 1 aromatic carbocycles. The predicted molar refractivity (Wildman–Crippen MR) is 75.4 cm³/mol. The van der Waals surface area contributed by atoms with Crippen LogP contribution in [0.15, 0.2) is 42.5 Å². The quantitative estimate of drug-likeness (QED) is 0.869. The third kappa shape index (κ3) is 1.88. The number of allylic oxidation sites excluding steroid dienone is 4. The van der Waals surface area contributed by atoms with E-state index in [4.69, 9.17) is 4.98 Å². The van der Waals surface area contributed by atoms with E-state index in [9.17, 15) is 0 Å². The summed E-state index contributed by atoms with van der Waals surface area (Å²) in [6.07, 6.45) is 8.72. The summed E-state index contributed by atoms with van der Waals surface area (Å²) in [6.45, 7) is 0. The highest BCUT2D eigenvalue weighted by Gasteiger charge is 2.11. The second-order valence-electron chi connectivity index (χ2n) is 4.30. The normalized spacial score (nSPS) is 14.6. The van der Waals surface area contributed by atoms with Gasteiger partial charge in [-0.2, -0.15) is 0 Å². The third-order valence-corrected chi connectivity index (χ3v) is 3.08.